The van der Waals surface area contributed by atoms with Gasteiger partial charge in [0.05, 0.1) is 13.2 Å². The first-order chi connectivity index (χ1) is 29.7. The fourth-order valence-electron chi connectivity index (χ4n) is 9.82. The summed E-state index contributed by atoms with van der Waals surface area (Å²) >= 11 is 0. The van der Waals surface area contributed by atoms with E-state index in [1.165, 1.54) is 29.1 Å². The summed E-state index contributed by atoms with van der Waals surface area (Å²) in [5, 5.41) is 11.2. The van der Waals surface area contributed by atoms with E-state index in [0.717, 1.165) is 4.57 Å². The molecule has 7 atom stereocenters. The van der Waals surface area contributed by atoms with Crippen LogP contribution in [0, 0.1) is 0 Å². The maximum absolute atomic E-state index is 13.4. The van der Waals surface area contributed by atoms with Crippen molar-refractivity contribution in [2.75, 3.05) is 13.2 Å². The fourth-order valence-corrected chi connectivity index (χ4v) is 32.2. The van der Waals surface area contributed by atoms with Crippen LogP contribution in [0.2, 0.25) is 44.3 Å². The van der Waals surface area contributed by atoms with E-state index < -0.39 is 99.7 Å². The average Bonchev–Trinajstić information content (AvgIpc) is 3.63. The quantitative estimate of drug-likeness (QED) is 0.243. The van der Waals surface area contributed by atoms with Crippen molar-refractivity contribution in [1.82, 2.24) is 19.1 Å². The molecule has 4 aliphatic heterocycles. The standard InChI is InChI=1S/C21H38N2O7Si2.C21H36N2O7Si2/c2*1-12(2)31(13(3)4)27-11-16-19(29-32(30-31,14(5)6)15(7)8)18(25)20(28-16)23-10-9-17(24)22-21(23)26/h9-10,12-16,18-20,25H,11H2,1-8H3,(H,22,24,26);9-10,12-16,19-20H,11H2,1-8H3,(H,22,24,26)/t16-,18?,19+,20-;16-,19+,20-/m11/s1. The molecule has 362 valence electrons. The highest BCUT2D eigenvalue weighted by molar-refractivity contribution is 6.84. The summed E-state index contributed by atoms with van der Waals surface area (Å²) in [5.41, 5.74) is -1.32. The van der Waals surface area contributed by atoms with Crippen LogP contribution in [0.5, 0.6) is 0 Å². The van der Waals surface area contributed by atoms with Gasteiger partial charge in [-0.05, 0) is 44.3 Å². The fraction of sp³-hybridized carbons (Fsp3) is 0.786. The van der Waals surface area contributed by atoms with Gasteiger partial charge in [-0.15, -0.1) is 0 Å². The Balaban J connectivity index is 0.000000241. The Labute approximate surface area is 380 Å². The third-order valence-corrected chi connectivity index (χ3v) is 33.8. The summed E-state index contributed by atoms with van der Waals surface area (Å²) in [6.45, 7) is 34.1. The summed E-state index contributed by atoms with van der Waals surface area (Å²) in [6, 6.07) is 2.42. The van der Waals surface area contributed by atoms with Crippen LogP contribution >= 0.6 is 0 Å². The molecule has 64 heavy (non-hydrogen) atoms. The van der Waals surface area contributed by atoms with Gasteiger partial charge in [-0.2, -0.15) is 0 Å². The van der Waals surface area contributed by atoms with Crippen molar-refractivity contribution in [3.8, 4) is 0 Å². The highest BCUT2D eigenvalue weighted by Crippen LogP contribution is 2.50. The second-order valence-corrected chi connectivity index (χ2v) is 37.8. The molecule has 0 spiro atoms. The zero-order valence-corrected chi connectivity index (χ0v) is 44.5. The molecule has 4 saturated heterocycles. The lowest BCUT2D eigenvalue weighted by molar-refractivity contribution is -0.130. The van der Waals surface area contributed by atoms with Gasteiger partial charge in [0, 0.05) is 24.5 Å². The van der Waals surface area contributed by atoms with Gasteiger partial charge in [-0.3, -0.25) is 33.5 Å². The lowest BCUT2D eigenvalue weighted by atomic mass is 10.1. The molecule has 22 heteroatoms. The first kappa shape index (κ1) is 52.5. The predicted molar refractivity (Wildman–Crippen MR) is 249 cm³/mol. The van der Waals surface area contributed by atoms with E-state index in [9.17, 15) is 29.1 Å². The first-order valence-electron chi connectivity index (χ1n) is 22.9. The summed E-state index contributed by atoms with van der Waals surface area (Å²) in [4.78, 5) is 65.5. The Morgan fingerprint density at radius 2 is 0.938 bits per heavy atom. The van der Waals surface area contributed by atoms with E-state index >= 15 is 0 Å². The minimum Gasteiger partial charge on any atom is -0.414 e. The van der Waals surface area contributed by atoms with Crippen LogP contribution in [-0.4, -0.2) is 108 Å². The number of aliphatic hydroxyl groups excluding tert-OH is 1. The van der Waals surface area contributed by atoms with Crippen LogP contribution in [0.3, 0.4) is 0 Å². The number of carbonyl (C=O) groups is 1. The third-order valence-electron chi connectivity index (χ3n) is 13.4. The number of H-pyrrole nitrogens is 2. The molecule has 0 saturated carbocycles. The minimum absolute atomic E-state index is 0.0666. The zero-order valence-electron chi connectivity index (χ0n) is 40.5. The number of aliphatic hydroxyl groups is 1. The number of nitrogens with zero attached hydrogens (tertiary/aromatic N) is 2. The van der Waals surface area contributed by atoms with Crippen LogP contribution in [-0.2, 0) is 40.2 Å². The molecule has 18 nitrogen and oxygen atoms in total. The monoisotopic (exact) mass is 970 g/mol. The maximum Gasteiger partial charge on any atom is 0.335 e. The number of aromatic nitrogens is 4. The molecule has 0 radical (unpaired) electrons. The van der Waals surface area contributed by atoms with Crippen molar-refractivity contribution in [3.05, 3.63) is 66.2 Å². The topological polar surface area (TPSA) is 221 Å². The number of fused-ring (bicyclic) bond motifs is 2. The van der Waals surface area contributed by atoms with E-state index in [1.807, 2.05) is 0 Å². The number of nitrogens with one attached hydrogen (secondary N) is 2. The second-order valence-electron chi connectivity index (χ2n) is 20.1. The largest absolute Gasteiger partial charge is 0.414 e. The Kier molecular flexibility index (Phi) is 16.4. The number of carbonyl (C=O) groups excluding carboxylic acids is 1. The molecule has 1 unspecified atom stereocenters. The van der Waals surface area contributed by atoms with Crippen LogP contribution in [0.25, 0.3) is 0 Å². The zero-order chi connectivity index (χ0) is 48.0. The summed E-state index contributed by atoms with van der Waals surface area (Å²) < 4.78 is 55.4. The molecule has 2 aromatic heterocycles. The third kappa shape index (κ3) is 9.63. The number of hydrogen-bond donors (Lipinski definition) is 3. The molecule has 0 bridgehead atoms. The average molecular weight is 971 g/mol. The number of ketones is 1. The molecule has 0 amide bonds. The number of Topliss-reactive ketones (excluding diaryl/α,β-unsaturated/α-hetero) is 1. The van der Waals surface area contributed by atoms with Crippen molar-refractivity contribution in [3.63, 3.8) is 0 Å². The summed E-state index contributed by atoms with van der Waals surface area (Å²) in [6.07, 6.45) is -3.52. The van der Waals surface area contributed by atoms with Crippen LogP contribution in [0.1, 0.15) is 123 Å². The molecule has 0 aliphatic carbocycles. The Bertz CT molecular complexity index is 2140. The molecular weight excluding hydrogens is 897 g/mol. The molecular formula is C42H74N4O14Si4. The van der Waals surface area contributed by atoms with Crippen LogP contribution < -0.4 is 22.5 Å². The van der Waals surface area contributed by atoms with Gasteiger partial charge >= 0.3 is 45.6 Å². The van der Waals surface area contributed by atoms with E-state index in [4.69, 9.17) is 35.4 Å². The van der Waals surface area contributed by atoms with Gasteiger partial charge in [-0.25, -0.2) is 9.59 Å². The smallest absolute Gasteiger partial charge is 0.335 e. The molecule has 6 heterocycles. The predicted octanol–water partition coefficient (Wildman–Crippen LogP) is 5.71. The van der Waals surface area contributed by atoms with Gasteiger partial charge in [0.2, 0.25) is 5.78 Å². The minimum atomic E-state index is -2.97. The van der Waals surface area contributed by atoms with Gasteiger partial charge < -0.3 is 40.5 Å². The maximum atomic E-state index is 13.4. The van der Waals surface area contributed by atoms with Crippen LogP contribution in [0.4, 0.5) is 0 Å². The number of aromatic amines is 2. The number of ether oxygens (including phenoxy) is 2. The summed E-state index contributed by atoms with van der Waals surface area (Å²) in [5.74, 6) is -0.363. The van der Waals surface area contributed by atoms with Crippen molar-refractivity contribution in [2.45, 2.75) is 198 Å². The van der Waals surface area contributed by atoms with Crippen molar-refractivity contribution in [2.24, 2.45) is 0 Å². The SMILES string of the molecule is CC(C)[Si]1(C(C)C)OC[C@H]2O[C@@H](n3ccc(=O)[nH]c3=O)C(=O)[C@H]2O[Si](C(C)C)(C(C)C)O1.CC(C)[Si]1(C(C)C)OC[C@H]2O[C@@H](n3ccc(=O)[nH]c3=O)C(O)[C@H]2O[Si](C(C)C)(C(C)C)O1. The first-order valence-corrected chi connectivity index (χ1v) is 30.8. The normalized spacial score (nSPS) is 28.9. The van der Waals surface area contributed by atoms with E-state index in [-0.39, 0.29) is 63.3 Å². The molecule has 4 aliphatic rings. The van der Waals surface area contributed by atoms with Gasteiger partial charge in [0.15, 0.2) is 12.5 Å². The van der Waals surface area contributed by atoms with Crippen molar-refractivity contribution < 1.29 is 45.3 Å². The Morgan fingerprint density at radius 3 is 1.34 bits per heavy atom. The van der Waals surface area contributed by atoms with Crippen molar-refractivity contribution in [1.29, 1.82) is 0 Å². The van der Waals surface area contributed by atoms with E-state index in [0.29, 0.717) is 0 Å². The van der Waals surface area contributed by atoms with E-state index in [2.05, 4.69) is 121 Å². The second kappa shape index (κ2) is 20.0. The highest BCUT2D eigenvalue weighted by atomic mass is 28.5. The molecule has 6 rings (SSSR count). The Hall–Kier alpha value is -2.46. The molecule has 2 aromatic rings. The van der Waals surface area contributed by atoms with Crippen molar-refractivity contribution >= 4 is 40.0 Å². The lowest BCUT2D eigenvalue weighted by Crippen LogP contribution is -2.65. The van der Waals surface area contributed by atoms with Gasteiger partial charge in [-0.1, -0.05) is 111 Å². The number of rotatable bonds is 10. The summed E-state index contributed by atoms with van der Waals surface area (Å²) in [7, 11) is -11.4. The molecule has 0 aromatic carbocycles. The molecule has 4 fully saturated rings. The number of hydrogen-bond acceptors (Lipinski definition) is 14. The van der Waals surface area contributed by atoms with Gasteiger partial charge in [0.25, 0.3) is 11.1 Å². The van der Waals surface area contributed by atoms with Gasteiger partial charge in [0.1, 0.15) is 30.5 Å². The highest BCUT2D eigenvalue weighted by Gasteiger charge is 2.63. The Morgan fingerprint density at radius 1 is 0.547 bits per heavy atom. The van der Waals surface area contributed by atoms with Crippen LogP contribution in [0.15, 0.2) is 43.7 Å². The molecule has 3 N–H and O–H groups in total. The van der Waals surface area contributed by atoms with E-state index in [1.54, 1.807) is 0 Å². The lowest BCUT2D eigenvalue weighted by Gasteiger charge is -2.51.